The molecule has 1 heterocycles. The van der Waals surface area contributed by atoms with Gasteiger partial charge >= 0.3 is 5.97 Å². The highest BCUT2D eigenvalue weighted by Crippen LogP contribution is 2.39. The molecule has 0 atom stereocenters. The lowest BCUT2D eigenvalue weighted by Gasteiger charge is -2.14. The first kappa shape index (κ1) is 27.2. The van der Waals surface area contributed by atoms with E-state index in [1.54, 1.807) is 18.9 Å². The van der Waals surface area contributed by atoms with Gasteiger partial charge in [0.25, 0.3) is 5.91 Å². The third-order valence-electron chi connectivity index (χ3n) is 5.22. The van der Waals surface area contributed by atoms with Crippen LogP contribution in [-0.2, 0) is 20.9 Å². The largest absolute Gasteiger partial charge is 0.493 e. The lowest BCUT2D eigenvalue weighted by Crippen LogP contribution is -2.29. The summed E-state index contributed by atoms with van der Waals surface area (Å²) in [5.41, 5.74) is 1.85. The van der Waals surface area contributed by atoms with E-state index in [0.29, 0.717) is 46.9 Å². The van der Waals surface area contributed by atoms with Gasteiger partial charge in [-0.25, -0.2) is 0 Å². The van der Waals surface area contributed by atoms with E-state index >= 15 is 0 Å². The highest BCUT2D eigenvalue weighted by molar-refractivity contribution is 9.10. The van der Waals surface area contributed by atoms with E-state index in [-0.39, 0.29) is 11.9 Å². The topological polar surface area (TPSA) is 65.1 Å². The molecule has 9 heteroatoms. The van der Waals surface area contributed by atoms with E-state index in [0.717, 1.165) is 34.9 Å². The van der Waals surface area contributed by atoms with E-state index in [2.05, 4.69) is 15.9 Å². The molecular formula is C26H28BrNO5S2. The molecular weight excluding hydrogens is 550 g/mol. The number of rotatable bonds is 12. The molecule has 6 nitrogen and oxygen atoms in total. The summed E-state index contributed by atoms with van der Waals surface area (Å²) in [6.45, 7) is 3.13. The summed E-state index contributed by atoms with van der Waals surface area (Å²) in [5, 5.41) is 0. The maximum Gasteiger partial charge on any atom is 0.305 e. The number of nitrogens with zero attached hydrogens (tertiary/aromatic N) is 1. The van der Waals surface area contributed by atoms with Crippen molar-refractivity contribution >= 4 is 62.2 Å². The number of esters is 1. The van der Waals surface area contributed by atoms with Crippen molar-refractivity contribution in [1.82, 2.24) is 4.90 Å². The van der Waals surface area contributed by atoms with Crippen LogP contribution in [0, 0.1) is 0 Å². The lowest BCUT2D eigenvalue weighted by atomic mass is 10.1. The van der Waals surface area contributed by atoms with Crippen molar-refractivity contribution in [3.8, 4) is 11.5 Å². The number of thioether (sulfide) groups is 1. The van der Waals surface area contributed by atoms with Crippen LogP contribution in [0.1, 0.15) is 43.7 Å². The second-order valence-corrected chi connectivity index (χ2v) is 10.3. The molecule has 0 spiro atoms. The molecule has 1 fully saturated rings. The normalized spacial score (nSPS) is 14.5. The van der Waals surface area contributed by atoms with E-state index in [4.69, 9.17) is 26.4 Å². The summed E-state index contributed by atoms with van der Waals surface area (Å²) in [6, 6.07) is 13.6. The number of amides is 1. The predicted octanol–water partition coefficient (Wildman–Crippen LogP) is 6.36. The van der Waals surface area contributed by atoms with Crippen LogP contribution in [0.15, 0.2) is 51.8 Å². The van der Waals surface area contributed by atoms with Crippen LogP contribution in [0.4, 0.5) is 0 Å². The van der Waals surface area contributed by atoms with Gasteiger partial charge in [-0.2, -0.15) is 0 Å². The Labute approximate surface area is 224 Å². The number of ether oxygens (including phenoxy) is 3. The van der Waals surface area contributed by atoms with Gasteiger partial charge in [0.05, 0.1) is 23.1 Å². The van der Waals surface area contributed by atoms with Crippen molar-refractivity contribution in [2.75, 3.05) is 20.3 Å². The van der Waals surface area contributed by atoms with Gasteiger partial charge in [-0.3, -0.25) is 14.5 Å². The fourth-order valence-electron chi connectivity index (χ4n) is 3.49. The SMILES string of the molecule is CCOC(=O)CCCCCN1C(=O)/C(=C/c2cc(Br)c(OCc3ccccc3)c(OC)c2)SC1=S. The third kappa shape index (κ3) is 7.81. The standard InChI is InChI=1S/C26H28BrNO5S2/c1-3-32-23(29)12-8-5-9-13-28-25(30)22(35-26(28)34)16-19-14-20(27)24(21(15-19)31-2)33-17-18-10-6-4-7-11-18/h4,6-7,10-11,14-16H,3,5,8-9,12-13,17H2,1-2H3/b22-16-. The average molecular weight is 579 g/mol. The molecule has 186 valence electrons. The van der Waals surface area contributed by atoms with Gasteiger partial charge in [0.1, 0.15) is 10.9 Å². The fourth-order valence-corrected chi connectivity index (χ4v) is 5.37. The van der Waals surface area contributed by atoms with Crippen molar-refractivity contribution in [3.05, 3.63) is 63.0 Å². The molecule has 0 unspecified atom stereocenters. The first-order chi connectivity index (χ1) is 16.9. The smallest absolute Gasteiger partial charge is 0.305 e. The molecule has 2 aromatic rings. The maximum atomic E-state index is 13.0. The first-order valence-corrected chi connectivity index (χ1v) is 13.4. The predicted molar refractivity (Wildman–Crippen MR) is 146 cm³/mol. The summed E-state index contributed by atoms with van der Waals surface area (Å²) < 4.78 is 17.8. The highest BCUT2D eigenvalue weighted by atomic mass is 79.9. The van der Waals surface area contributed by atoms with Crippen molar-refractivity contribution in [1.29, 1.82) is 0 Å². The molecule has 3 rings (SSSR count). The maximum absolute atomic E-state index is 13.0. The van der Waals surface area contributed by atoms with E-state index in [1.165, 1.54) is 11.8 Å². The van der Waals surface area contributed by atoms with Crippen LogP contribution in [-0.4, -0.2) is 41.4 Å². The van der Waals surface area contributed by atoms with Gasteiger partial charge in [0.2, 0.25) is 0 Å². The van der Waals surface area contributed by atoms with Crippen LogP contribution in [0.2, 0.25) is 0 Å². The minimum atomic E-state index is -0.181. The monoisotopic (exact) mass is 577 g/mol. The second kappa shape index (κ2) is 13.7. The zero-order valence-electron chi connectivity index (χ0n) is 19.8. The molecule has 2 aromatic carbocycles. The van der Waals surface area contributed by atoms with E-state index in [9.17, 15) is 9.59 Å². The van der Waals surface area contributed by atoms with Crippen LogP contribution in [0.5, 0.6) is 11.5 Å². The molecule has 0 bridgehead atoms. The summed E-state index contributed by atoms with van der Waals surface area (Å²) in [7, 11) is 1.59. The molecule has 1 aliphatic heterocycles. The Morgan fingerprint density at radius 2 is 1.94 bits per heavy atom. The highest BCUT2D eigenvalue weighted by Gasteiger charge is 2.31. The number of hydrogen-bond donors (Lipinski definition) is 0. The van der Waals surface area contributed by atoms with Gasteiger partial charge in [0, 0.05) is 13.0 Å². The second-order valence-electron chi connectivity index (χ2n) is 7.76. The third-order valence-corrected chi connectivity index (χ3v) is 7.18. The van der Waals surface area contributed by atoms with Gasteiger partial charge in [-0.15, -0.1) is 0 Å². The zero-order chi connectivity index (χ0) is 25.2. The quantitative estimate of drug-likeness (QED) is 0.126. The number of carbonyl (C=O) groups is 2. The van der Waals surface area contributed by atoms with Crippen molar-refractivity contribution in [3.63, 3.8) is 0 Å². The number of benzene rings is 2. The minimum Gasteiger partial charge on any atom is -0.493 e. The van der Waals surface area contributed by atoms with Crippen LogP contribution < -0.4 is 9.47 Å². The average Bonchev–Trinajstić information content (AvgIpc) is 3.10. The Morgan fingerprint density at radius 3 is 2.66 bits per heavy atom. The fraction of sp³-hybridized carbons (Fsp3) is 0.346. The molecule has 0 aromatic heterocycles. The molecule has 0 radical (unpaired) electrons. The Kier molecular flexibility index (Phi) is 10.6. The number of unbranched alkanes of at least 4 members (excludes halogenated alkanes) is 2. The molecule has 0 N–H and O–H groups in total. The van der Waals surface area contributed by atoms with Crippen molar-refractivity contribution in [2.24, 2.45) is 0 Å². The number of carbonyl (C=O) groups excluding carboxylic acids is 2. The molecule has 1 aliphatic rings. The molecule has 1 amide bonds. The van der Waals surface area contributed by atoms with Gasteiger partial charge < -0.3 is 14.2 Å². The first-order valence-electron chi connectivity index (χ1n) is 11.4. The van der Waals surface area contributed by atoms with Gasteiger partial charge in [-0.1, -0.05) is 60.7 Å². The van der Waals surface area contributed by atoms with Crippen LogP contribution in [0.3, 0.4) is 0 Å². The minimum absolute atomic E-state index is 0.107. The van der Waals surface area contributed by atoms with Crippen LogP contribution >= 0.6 is 39.9 Å². The summed E-state index contributed by atoms with van der Waals surface area (Å²) in [4.78, 5) is 26.6. The molecule has 1 saturated heterocycles. The Bertz CT molecular complexity index is 1090. The Morgan fingerprint density at radius 1 is 1.17 bits per heavy atom. The Balaban J connectivity index is 1.62. The molecule has 0 aliphatic carbocycles. The van der Waals surface area contributed by atoms with Crippen molar-refractivity contribution in [2.45, 2.75) is 39.2 Å². The molecule has 0 saturated carbocycles. The molecule has 35 heavy (non-hydrogen) atoms. The number of methoxy groups -OCH3 is 1. The van der Waals surface area contributed by atoms with Gasteiger partial charge in [0.15, 0.2) is 11.5 Å². The van der Waals surface area contributed by atoms with E-state index < -0.39 is 0 Å². The summed E-state index contributed by atoms with van der Waals surface area (Å²) in [5.74, 6) is 0.881. The zero-order valence-corrected chi connectivity index (χ0v) is 23.0. The van der Waals surface area contributed by atoms with Crippen molar-refractivity contribution < 1.29 is 23.8 Å². The summed E-state index contributed by atoms with van der Waals surface area (Å²) >= 11 is 10.3. The van der Waals surface area contributed by atoms with Gasteiger partial charge in [-0.05, 0) is 65.0 Å². The number of thiocarbonyl (C=S) groups is 1. The summed E-state index contributed by atoms with van der Waals surface area (Å²) in [6.07, 6.45) is 4.54. The number of halogens is 1. The Hall–Kier alpha value is -2.36. The van der Waals surface area contributed by atoms with Crippen LogP contribution in [0.25, 0.3) is 6.08 Å². The number of hydrogen-bond acceptors (Lipinski definition) is 7. The van der Waals surface area contributed by atoms with E-state index in [1.807, 2.05) is 48.5 Å². The lowest BCUT2D eigenvalue weighted by molar-refractivity contribution is -0.143.